The molecule has 1 aromatic carbocycles. The summed E-state index contributed by atoms with van der Waals surface area (Å²) < 4.78 is 10.7. The van der Waals surface area contributed by atoms with E-state index < -0.39 is 0 Å². The number of thiazole rings is 1. The van der Waals surface area contributed by atoms with E-state index in [4.69, 9.17) is 15.2 Å². The van der Waals surface area contributed by atoms with Gasteiger partial charge in [0.25, 0.3) is 0 Å². The largest absolute Gasteiger partial charge is 0.454 e. The summed E-state index contributed by atoms with van der Waals surface area (Å²) in [5.41, 5.74) is 8.39. The van der Waals surface area contributed by atoms with Crippen molar-refractivity contribution < 1.29 is 9.47 Å². The molecule has 0 amide bonds. The molecule has 0 fully saturated rings. The number of ether oxygens (including phenoxy) is 2. The van der Waals surface area contributed by atoms with Crippen molar-refractivity contribution in [2.24, 2.45) is 0 Å². The first kappa shape index (κ1) is 15.5. The Morgan fingerprint density at radius 3 is 2.60 bits per heavy atom. The molecule has 3 heterocycles. The predicted octanol–water partition coefficient (Wildman–Crippen LogP) is 3.35. The fourth-order valence-corrected chi connectivity index (χ4v) is 3.15. The topological polar surface area (TPSA) is 107 Å². The van der Waals surface area contributed by atoms with Crippen molar-refractivity contribution >= 4 is 39.5 Å². The highest BCUT2D eigenvalue weighted by Gasteiger charge is 2.15. The smallest absolute Gasteiger partial charge is 0.231 e. The molecule has 25 heavy (non-hydrogen) atoms. The lowest BCUT2D eigenvalue weighted by Crippen LogP contribution is -2.05. The molecule has 0 bridgehead atoms. The van der Waals surface area contributed by atoms with Crippen LogP contribution < -0.4 is 25.8 Å². The van der Waals surface area contributed by atoms with E-state index in [1.807, 2.05) is 32.0 Å². The van der Waals surface area contributed by atoms with Crippen LogP contribution in [0.15, 0.2) is 24.5 Å². The quantitative estimate of drug-likeness (QED) is 0.653. The number of aromatic nitrogens is 3. The van der Waals surface area contributed by atoms with Gasteiger partial charge in [-0.05, 0) is 26.0 Å². The highest BCUT2D eigenvalue weighted by atomic mass is 32.1. The third kappa shape index (κ3) is 3.01. The number of fused-ring (bicyclic) bond motifs is 1. The molecule has 4 N–H and O–H groups in total. The van der Waals surface area contributed by atoms with Gasteiger partial charge < -0.3 is 25.8 Å². The number of nitrogens with zero attached hydrogens (tertiary/aromatic N) is 3. The fraction of sp³-hybridized carbons (Fsp3) is 0.188. The number of anilines is 5. The standard InChI is InChI=1S/C16H16N6O2S/c1-8-9(2)25-16(20-8)22-15-13(17)14(18-6-19-15)21-10-3-4-11-12(5-10)24-7-23-11/h3-6H,7,17H2,1-2H3,(H2,18,19,20,21,22). The summed E-state index contributed by atoms with van der Waals surface area (Å²) in [4.78, 5) is 14.0. The van der Waals surface area contributed by atoms with Crippen molar-refractivity contribution in [3.05, 3.63) is 35.1 Å². The maximum atomic E-state index is 6.21. The van der Waals surface area contributed by atoms with Gasteiger partial charge in [-0.2, -0.15) is 0 Å². The molecule has 0 spiro atoms. The number of hydrogen-bond donors (Lipinski definition) is 3. The molecule has 3 aromatic rings. The molecule has 1 aliphatic rings. The van der Waals surface area contributed by atoms with Gasteiger partial charge in [0.1, 0.15) is 12.0 Å². The Hall–Kier alpha value is -3.07. The Morgan fingerprint density at radius 1 is 1.08 bits per heavy atom. The zero-order valence-electron chi connectivity index (χ0n) is 13.7. The predicted molar refractivity (Wildman–Crippen MR) is 97.2 cm³/mol. The SMILES string of the molecule is Cc1nc(Nc2ncnc(Nc3ccc4c(c3)OCO4)c2N)sc1C. The number of nitrogens with two attached hydrogens (primary N) is 1. The van der Waals surface area contributed by atoms with Crippen molar-refractivity contribution in [1.82, 2.24) is 15.0 Å². The first-order chi connectivity index (χ1) is 12.1. The first-order valence-electron chi connectivity index (χ1n) is 7.58. The van der Waals surface area contributed by atoms with Crippen molar-refractivity contribution in [2.75, 3.05) is 23.2 Å². The van der Waals surface area contributed by atoms with E-state index in [-0.39, 0.29) is 6.79 Å². The number of hydrogen-bond acceptors (Lipinski definition) is 9. The van der Waals surface area contributed by atoms with E-state index in [0.29, 0.717) is 23.1 Å². The third-order valence-corrected chi connectivity index (χ3v) is 4.76. The molecule has 9 heteroatoms. The Bertz CT molecular complexity index is 923. The van der Waals surface area contributed by atoms with Gasteiger partial charge in [0, 0.05) is 16.6 Å². The second kappa shape index (κ2) is 6.10. The Kier molecular flexibility index (Phi) is 3.77. The molecule has 0 saturated carbocycles. The van der Waals surface area contributed by atoms with Crippen molar-refractivity contribution in [1.29, 1.82) is 0 Å². The van der Waals surface area contributed by atoms with E-state index >= 15 is 0 Å². The second-order valence-electron chi connectivity index (χ2n) is 5.46. The van der Waals surface area contributed by atoms with Crippen molar-refractivity contribution in [2.45, 2.75) is 13.8 Å². The Balaban J connectivity index is 1.58. The lowest BCUT2D eigenvalue weighted by molar-refractivity contribution is 0.174. The first-order valence-corrected chi connectivity index (χ1v) is 8.40. The maximum absolute atomic E-state index is 6.21. The van der Waals surface area contributed by atoms with Gasteiger partial charge in [0.05, 0.1) is 5.69 Å². The third-order valence-electron chi connectivity index (χ3n) is 3.77. The van der Waals surface area contributed by atoms with E-state index in [1.165, 1.54) is 6.33 Å². The van der Waals surface area contributed by atoms with Gasteiger partial charge >= 0.3 is 0 Å². The average molecular weight is 356 g/mol. The zero-order valence-corrected chi connectivity index (χ0v) is 14.5. The molecular formula is C16H16N6O2S. The maximum Gasteiger partial charge on any atom is 0.231 e. The molecule has 2 aromatic heterocycles. The van der Waals surface area contributed by atoms with Gasteiger partial charge in [-0.15, -0.1) is 11.3 Å². The van der Waals surface area contributed by atoms with E-state index in [9.17, 15) is 0 Å². The van der Waals surface area contributed by atoms with Crippen LogP contribution in [0.5, 0.6) is 11.5 Å². The van der Waals surface area contributed by atoms with Crippen molar-refractivity contribution in [3.8, 4) is 11.5 Å². The highest BCUT2D eigenvalue weighted by molar-refractivity contribution is 7.15. The second-order valence-corrected chi connectivity index (χ2v) is 6.67. The molecule has 128 valence electrons. The summed E-state index contributed by atoms with van der Waals surface area (Å²) >= 11 is 1.55. The number of rotatable bonds is 4. The Labute approximate surface area is 148 Å². The molecular weight excluding hydrogens is 340 g/mol. The summed E-state index contributed by atoms with van der Waals surface area (Å²) in [5, 5.41) is 7.07. The van der Waals surface area contributed by atoms with Crippen LogP contribution in [0.1, 0.15) is 10.6 Å². The van der Waals surface area contributed by atoms with Crippen molar-refractivity contribution in [3.63, 3.8) is 0 Å². The van der Waals surface area contributed by atoms with Gasteiger partial charge in [-0.1, -0.05) is 0 Å². The van der Waals surface area contributed by atoms with Crippen LogP contribution in [0, 0.1) is 13.8 Å². The van der Waals surface area contributed by atoms with Crippen LogP contribution in [-0.4, -0.2) is 21.7 Å². The van der Waals surface area contributed by atoms with Gasteiger partial charge in [-0.25, -0.2) is 15.0 Å². The molecule has 0 unspecified atom stereocenters. The van der Waals surface area contributed by atoms with Crippen LogP contribution in [0.3, 0.4) is 0 Å². The molecule has 1 aliphatic heterocycles. The number of nitrogens with one attached hydrogen (secondary N) is 2. The molecule has 0 atom stereocenters. The molecule has 4 rings (SSSR count). The zero-order chi connectivity index (χ0) is 17.4. The Morgan fingerprint density at radius 2 is 1.84 bits per heavy atom. The fourth-order valence-electron chi connectivity index (χ4n) is 2.33. The lowest BCUT2D eigenvalue weighted by Gasteiger charge is -2.11. The number of nitrogen functional groups attached to an aromatic ring is 1. The van der Waals surface area contributed by atoms with Gasteiger partial charge in [0.2, 0.25) is 6.79 Å². The minimum atomic E-state index is 0.231. The summed E-state index contributed by atoms with van der Waals surface area (Å²) in [6.07, 6.45) is 1.45. The molecule has 8 nitrogen and oxygen atoms in total. The van der Waals surface area contributed by atoms with Gasteiger partial charge in [0.15, 0.2) is 28.3 Å². The minimum absolute atomic E-state index is 0.231. The number of benzene rings is 1. The van der Waals surface area contributed by atoms with Crippen LogP contribution in [-0.2, 0) is 0 Å². The molecule has 0 saturated heterocycles. The van der Waals surface area contributed by atoms with Crippen LogP contribution in [0.4, 0.5) is 28.1 Å². The summed E-state index contributed by atoms with van der Waals surface area (Å²) in [6.45, 7) is 4.22. The summed E-state index contributed by atoms with van der Waals surface area (Å²) in [5.74, 6) is 2.41. The monoisotopic (exact) mass is 356 g/mol. The van der Waals surface area contributed by atoms with Crippen LogP contribution >= 0.6 is 11.3 Å². The van der Waals surface area contributed by atoms with Crippen LogP contribution in [0.25, 0.3) is 0 Å². The average Bonchev–Trinajstić information content (AvgIpc) is 3.17. The minimum Gasteiger partial charge on any atom is -0.454 e. The van der Waals surface area contributed by atoms with Crippen LogP contribution in [0.2, 0.25) is 0 Å². The normalized spacial score (nSPS) is 12.2. The lowest BCUT2D eigenvalue weighted by atomic mass is 10.2. The number of aryl methyl sites for hydroxylation is 2. The summed E-state index contributed by atoms with van der Waals surface area (Å²) in [7, 11) is 0. The highest BCUT2D eigenvalue weighted by Crippen LogP contribution is 2.36. The van der Waals surface area contributed by atoms with Gasteiger partial charge in [-0.3, -0.25) is 0 Å². The van der Waals surface area contributed by atoms with E-state index in [0.717, 1.165) is 27.1 Å². The summed E-state index contributed by atoms with van der Waals surface area (Å²) in [6, 6.07) is 5.54. The molecule has 0 aliphatic carbocycles. The molecule has 0 radical (unpaired) electrons. The van der Waals surface area contributed by atoms with E-state index in [1.54, 1.807) is 11.3 Å². The van der Waals surface area contributed by atoms with E-state index in [2.05, 4.69) is 25.6 Å².